The van der Waals surface area contributed by atoms with Crippen molar-refractivity contribution in [2.75, 3.05) is 13.1 Å². The number of likely N-dealkylation sites (tertiary alicyclic amines) is 1. The molecule has 0 aromatic carbocycles. The van der Waals surface area contributed by atoms with Gasteiger partial charge < -0.3 is 5.32 Å². The molecule has 94 valence electrons. The topological polar surface area (TPSA) is 32.3 Å². The van der Waals surface area contributed by atoms with Crippen LogP contribution in [0.1, 0.15) is 24.6 Å². The van der Waals surface area contributed by atoms with Crippen LogP contribution < -0.4 is 5.32 Å². The molecule has 0 radical (unpaired) electrons. The third-order valence-electron chi connectivity index (χ3n) is 2.91. The number of nitrogens with one attached hydrogen (secondary N) is 1. The summed E-state index contributed by atoms with van der Waals surface area (Å²) in [6.07, 6.45) is 2.27. The molecule has 2 rings (SSSR count). The molecule has 1 aromatic heterocycles. The number of piperidine rings is 1. The normalized spacial score (nSPS) is 21.4. The molecule has 3 nitrogen and oxygen atoms in total. The molecular formula is C12H17BrN2OS. The predicted molar refractivity (Wildman–Crippen MR) is 74.1 cm³/mol. The minimum absolute atomic E-state index is 0.0794. The summed E-state index contributed by atoms with van der Waals surface area (Å²) in [6.45, 7) is 4.68. The molecule has 0 spiro atoms. The zero-order valence-corrected chi connectivity index (χ0v) is 12.3. The molecule has 0 bridgehead atoms. The van der Waals surface area contributed by atoms with E-state index >= 15 is 0 Å². The van der Waals surface area contributed by atoms with Crippen LogP contribution in [0.2, 0.25) is 0 Å². The number of thiophene rings is 1. The highest BCUT2D eigenvalue weighted by atomic mass is 79.9. The van der Waals surface area contributed by atoms with Gasteiger partial charge in [0.1, 0.15) is 0 Å². The smallest absolute Gasteiger partial charge is 0.217 e. The predicted octanol–water partition coefficient (Wildman–Crippen LogP) is 2.61. The summed E-state index contributed by atoms with van der Waals surface area (Å²) in [5.74, 6) is 0.0794. The number of nitrogens with zero attached hydrogens (tertiary/aromatic N) is 1. The SMILES string of the molecule is CC(=O)N[C@H]1CCCN(Cc2cc(Br)cs2)C1. The van der Waals surface area contributed by atoms with E-state index in [2.05, 4.69) is 37.6 Å². The Balaban J connectivity index is 1.87. The first kappa shape index (κ1) is 13.1. The van der Waals surface area contributed by atoms with E-state index in [1.54, 1.807) is 18.3 Å². The van der Waals surface area contributed by atoms with Crippen molar-refractivity contribution in [2.24, 2.45) is 0 Å². The Labute approximate surface area is 114 Å². The first-order valence-electron chi connectivity index (χ1n) is 5.86. The van der Waals surface area contributed by atoms with Crippen molar-refractivity contribution in [1.29, 1.82) is 0 Å². The Bertz CT molecular complexity index is 394. The van der Waals surface area contributed by atoms with Gasteiger partial charge in [-0.1, -0.05) is 0 Å². The van der Waals surface area contributed by atoms with Crippen LogP contribution in [0.3, 0.4) is 0 Å². The van der Waals surface area contributed by atoms with Crippen LogP contribution in [-0.2, 0) is 11.3 Å². The lowest BCUT2D eigenvalue weighted by molar-refractivity contribution is -0.120. The highest BCUT2D eigenvalue weighted by molar-refractivity contribution is 9.10. The van der Waals surface area contributed by atoms with Crippen molar-refractivity contribution in [2.45, 2.75) is 32.4 Å². The van der Waals surface area contributed by atoms with E-state index in [0.29, 0.717) is 6.04 Å². The number of carbonyl (C=O) groups excluding carboxylic acids is 1. The Hall–Kier alpha value is -0.390. The van der Waals surface area contributed by atoms with Crippen molar-refractivity contribution in [3.8, 4) is 0 Å². The van der Waals surface area contributed by atoms with E-state index in [-0.39, 0.29) is 5.91 Å². The van der Waals surface area contributed by atoms with Crippen molar-refractivity contribution in [1.82, 2.24) is 10.2 Å². The first-order chi connectivity index (χ1) is 8.13. The summed E-state index contributed by atoms with van der Waals surface area (Å²) >= 11 is 5.26. The molecule has 0 saturated carbocycles. The van der Waals surface area contributed by atoms with Gasteiger partial charge in [0.25, 0.3) is 0 Å². The average molecular weight is 317 g/mol. The van der Waals surface area contributed by atoms with Gasteiger partial charge in [-0.05, 0) is 41.4 Å². The van der Waals surface area contributed by atoms with Crippen molar-refractivity contribution >= 4 is 33.2 Å². The average Bonchev–Trinajstić information content (AvgIpc) is 2.63. The number of rotatable bonds is 3. The van der Waals surface area contributed by atoms with Crippen LogP contribution in [0.25, 0.3) is 0 Å². The second kappa shape index (κ2) is 5.98. The van der Waals surface area contributed by atoms with Crippen LogP contribution in [0.4, 0.5) is 0 Å². The molecule has 5 heteroatoms. The minimum atomic E-state index is 0.0794. The van der Waals surface area contributed by atoms with Crippen LogP contribution in [0.5, 0.6) is 0 Å². The maximum Gasteiger partial charge on any atom is 0.217 e. The lowest BCUT2D eigenvalue weighted by Gasteiger charge is -2.32. The third-order valence-corrected chi connectivity index (χ3v) is 4.60. The Morgan fingerprint density at radius 2 is 2.53 bits per heavy atom. The summed E-state index contributed by atoms with van der Waals surface area (Å²) in [6, 6.07) is 2.50. The number of hydrogen-bond acceptors (Lipinski definition) is 3. The molecule has 1 saturated heterocycles. The van der Waals surface area contributed by atoms with E-state index in [1.165, 1.54) is 4.88 Å². The lowest BCUT2D eigenvalue weighted by Crippen LogP contribution is -2.46. The molecule has 0 aliphatic carbocycles. The monoisotopic (exact) mass is 316 g/mol. The quantitative estimate of drug-likeness (QED) is 0.929. The van der Waals surface area contributed by atoms with Gasteiger partial charge in [-0.2, -0.15) is 0 Å². The number of carbonyl (C=O) groups is 1. The highest BCUT2D eigenvalue weighted by Crippen LogP contribution is 2.22. The second-order valence-electron chi connectivity index (χ2n) is 4.51. The van der Waals surface area contributed by atoms with Crippen molar-refractivity contribution in [3.63, 3.8) is 0 Å². The van der Waals surface area contributed by atoms with Gasteiger partial charge >= 0.3 is 0 Å². The zero-order chi connectivity index (χ0) is 12.3. The lowest BCUT2D eigenvalue weighted by atomic mass is 10.1. The third kappa shape index (κ3) is 4.08. The molecule has 0 unspecified atom stereocenters. The molecule has 1 aliphatic heterocycles. The van der Waals surface area contributed by atoms with E-state index in [4.69, 9.17) is 0 Å². The van der Waals surface area contributed by atoms with E-state index in [0.717, 1.165) is 36.9 Å². The number of amides is 1. The Morgan fingerprint density at radius 3 is 3.18 bits per heavy atom. The summed E-state index contributed by atoms with van der Waals surface area (Å²) in [5, 5.41) is 5.13. The van der Waals surface area contributed by atoms with Crippen molar-refractivity contribution < 1.29 is 4.79 Å². The molecule has 1 amide bonds. The number of hydrogen-bond donors (Lipinski definition) is 1. The molecular weight excluding hydrogens is 300 g/mol. The Morgan fingerprint density at radius 1 is 1.71 bits per heavy atom. The number of halogens is 1. The summed E-state index contributed by atoms with van der Waals surface area (Å²) in [4.78, 5) is 14.8. The van der Waals surface area contributed by atoms with E-state index < -0.39 is 0 Å². The molecule has 1 aliphatic rings. The molecule has 1 atom stereocenters. The maximum atomic E-state index is 11.0. The fraction of sp³-hybridized carbons (Fsp3) is 0.583. The van der Waals surface area contributed by atoms with Gasteiger partial charge in [-0.25, -0.2) is 0 Å². The molecule has 17 heavy (non-hydrogen) atoms. The van der Waals surface area contributed by atoms with Crippen LogP contribution in [0.15, 0.2) is 15.9 Å². The minimum Gasteiger partial charge on any atom is -0.352 e. The highest BCUT2D eigenvalue weighted by Gasteiger charge is 2.20. The molecule has 2 heterocycles. The van der Waals surface area contributed by atoms with Crippen LogP contribution in [0, 0.1) is 0 Å². The fourth-order valence-electron chi connectivity index (χ4n) is 2.26. The first-order valence-corrected chi connectivity index (χ1v) is 7.53. The largest absolute Gasteiger partial charge is 0.352 e. The van der Waals surface area contributed by atoms with Gasteiger partial charge in [-0.3, -0.25) is 9.69 Å². The molecule has 1 N–H and O–H groups in total. The second-order valence-corrected chi connectivity index (χ2v) is 6.42. The summed E-state index contributed by atoms with van der Waals surface area (Å²) in [7, 11) is 0. The Kier molecular flexibility index (Phi) is 4.59. The summed E-state index contributed by atoms with van der Waals surface area (Å²) < 4.78 is 1.16. The van der Waals surface area contributed by atoms with Gasteiger partial charge in [0.15, 0.2) is 0 Å². The molecule has 1 fully saturated rings. The molecule has 1 aromatic rings. The van der Waals surface area contributed by atoms with Gasteiger partial charge in [0.2, 0.25) is 5.91 Å². The summed E-state index contributed by atoms with van der Waals surface area (Å²) in [5.41, 5.74) is 0. The van der Waals surface area contributed by atoms with Gasteiger partial charge in [-0.15, -0.1) is 11.3 Å². The van der Waals surface area contributed by atoms with Crippen LogP contribution in [-0.4, -0.2) is 29.9 Å². The van der Waals surface area contributed by atoms with E-state index in [9.17, 15) is 4.79 Å². The van der Waals surface area contributed by atoms with Crippen LogP contribution >= 0.6 is 27.3 Å². The standard InChI is InChI=1S/C12H17BrN2OS/c1-9(16)14-11-3-2-4-15(6-11)7-12-5-10(13)8-17-12/h5,8,11H,2-4,6-7H2,1H3,(H,14,16)/t11-/m0/s1. The zero-order valence-electron chi connectivity index (χ0n) is 9.91. The van der Waals surface area contributed by atoms with Crippen molar-refractivity contribution in [3.05, 3.63) is 20.8 Å². The fourth-order valence-corrected chi connectivity index (χ4v) is 3.75. The maximum absolute atomic E-state index is 11.0. The van der Waals surface area contributed by atoms with E-state index in [1.807, 2.05) is 0 Å². The van der Waals surface area contributed by atoms with Gasteiger partial charge in [0.05, 0.1) is 0 Å². The van der Waals surface area contributed by atoms with Gasteiger partial charge in [0, 0.05) is 40.8 Å².